The molecule has 0 fully saturated rings. The fourth-order valence-electron chi connectivity index (χ4n) is 1.79. The highest BCUT2D eigenvalue weighted by Crippen LogP contribution is 2.11. The van der Waals surface area contributed by atoms with Gasteiger partial charge in [0.2, 0.25) is 11.8 Å². The van der Waals surface area contributed by atoms with Gasteiger partial charge in [-0.1, -0.05) is 0 Å². The van der Waals surface area contributed by atoms with E-state index in [1.54, 1.807) is 6.20 Å². The second kappa shape index (κ2) is 6.17. The van der Waals surface area contributed by atoms with Crippen LogP contribution in [0.4, 0.5) is 5.95 Å². The van der Waals surface area contributed by atoms with Crippen molar-refractivity contribution in [3.8, 4) is 5.88 Å². The minimum absolute atomic E-state index is 0.602. The first-order valence-corrected chi connectivity index (χ1v) is 6.38. The molecule has 6 heteroatoms. The van der Waals surface area contributed by atoms with Crippen molar-refractivity contribution in [2.75, 3.05) is 18.5 Å². The first-order chi connectivity index (χ1) is 9.19. The lowest BCUT2D eigenvalue weighted by atomic mass is 10.3. The molecule has 0 saturated heterocycles. The molecule has 0 atom stereocenters. The van der Waals surface area contributed by atoms with Crippen LogP contribution in [0.5, 0.6) is 5.88 Å². The third kappa shape index (κ3) is 3.67. The maximum atomic E-state index is 5.39. The van der Waals surface area contributed by atoms with Crippen LogP contribution >= 0.6 is 0 Å². The summed E-state index contributed by atoms with van der Waals surface area (Å²) in [4.78, 5) is 8.63. The first kappa shape index (κ1) is 13.3. The van der Waals surface area contributed by atoms with Gasteiger partial charge in [0, 0.05) is 43.7 Å². The molecule has 0 saturated carbocycles. The molecule has 1 N–H and O–H groups in total. The third-order valence-corrected chi connectivity index (χ3v) is 2.71. The summed E-state index contributed by atoms with van der Waals surface area (Å²) in [5.74, 6) is 1.21. The first-order valence-electron chi connectivity index (χ1n) is 6.38. The summed E-state index contributed by atoms with van der Waals surface area (Å²) in [6, 6.07) is 3.83. The van der Waals surface area contributed by atoms with Crippen LogP contribution in [0.1, 0.15) is 18.3 Å². The van der Waals surface area contributed by atoms with Crippen molar-refractivity contribution in [2.24, 2.45) is 7.05 Å². The molecule has 0 aliphatic carbocycles. The smallest absolute Gasteiger partial charge is 0.226 e. The lowest BCUT2D eigenvalue weighted by Gasteiger charge is -2.08. The summed E-state index contributed by atoms with van der Waals surface area (Å²) in [6.45, 7) is 5.23. The van der Waals surface area contributed by atoms with Crippen LogP contribution in [0, 0.1) is 6.92 Å². The molecule has 0 radical (unpaired) electrons. The Morgan fingerprint density at radius 3 is 2.89 bits per heavy atom. The fourth-order valence-corrected chi connectivity index (χ4v) is 1.79. The number of rotatable bonds is 6. The zero-order valence-electron chi connectivity index (χ0n) is 11.6. The van der Waals surface area contributed by atoms with E-state index < -0.39 is 0 Å². The Morgan fingerprint density at radius 2 is 2.21 bits per heavy atom. The maximum Gasteiger partial charge on any atom is 0.226 e. The van der Waals surface area contributed by atoms with Crippen LogP contribution in [0.25, 0.3) is 0 Å². The molecular formula is C13H19N5O. The van der Waals surface area contributed by atoms with Gasteiger partial charge in [0.1, 0.15) is 0 Å². The molecule has 0 spiro atoms. The predicted octanol–water partition coefficient (Wildman–Crippen LogP) is 1.57. The summed E-state index contributed by atoms with van der Waals surface area (Å²) in [7, 11) is 1.94. The van der Waals surface area contributed by atoms with E-state index in [1.807, 2.05) is 37.7 Å². The molecule has 19 heavy (non-hydrogen) atoms. The average molecular weight is 261 g/mol. The molecule has 6 nitrogen and oxygen atoms in total. The Kier molecular flexibility index (Phi) is 4.33. The molecule has 0 aromatic carbocycles. The SMILES string of the molecule is CCOc1cc(C)nc(NCCc2ccnn2C)n1. The summed E-state index contributed by atoms with van der Waals surface area (Å²) in [6.07, 6.45) is 2.67. The second-order valence-corrected chi connectivity index (χ2v) is 4.23. The van der Waals surface area contributed by atoms with Gasteiger partial charge in [-0.15, -0.1) is 0 Å². The largest absolute Gasteiger partial charge is 0.478 e. The van der Waals surface area contributed by atoms with Crippen LogP contribution in [-0.4, -0.2) is 32.9 Å². The van der Waals surface area contributed by atoms with Crippen LogP contribution in [-0.2, 0) is 13.5 Å². The zero-order valence-corrected chi connectivity index (χ0v) is 11.6. The highest BCUT2D eigenvalue weighted by Gasteiger charge is 2.03. The number of anilines is 1. The number of hydrogen-bond acceptors (Lipinski definition) is 5. The van der Waals surface area contributed by atoms with Crippen LogP contribution in [0.3, 0.4) is 0 Å². The van der Waals surface area contributed by atoms with E-state index in [2.05, 4.69) is 20.4 Å². The lowest BCUT2D eigenvalue weighted by Crippen LogP contribution is -2.11. The quantitative estimate of drug-likeness (QED) is 0.855. The Morgan fingerprint density at radius 1 is 1.37 bits per heavy atom. The molecule has 2 aromatic rings. The number of nitrogens with zero attached hydrogens (tertiary/aromatic N) is 4. The average Bonchev–Trinajstić information content (AvgIpc) is 2.75. The van der Waals surface area contributed by atoms with Gasteiger partial charge in [-0.25, -0.2) is 4.98 Å². The summed E-state index contributed by atoms with van der Waals surface area (Å²) < 4.78 is 7.26. The Balaban J connectivity index is 1.94. The number of aryl methyl sites for hydroxylation is 2. The van der Waals surface area contributed by atoms with E-state index in [0.717, 1.165) is 18.7 Å². The fraction of sp³-hybridized carbons (Fsp3) is 0.462. The van der Waals surface area contributed by atoms with Crippen LogP contribution in [0.15, 0.2) is 18.3 Å². The normalized spacial score (nSPS) is 10.5. The molecule has 0 bridgehead atoms. The third-order valence-electron chi connectivity index (χ3n) is 2.71. The van der Waals surface area contributed by atoms with E-state index in [1.165, 1.54) is 5.69 Å². The minimum atomic E-state index is 0.602. The van der Waals surface area contributed by atoms with Gasteiger partial charge in [0.15, 0.2) is 0 Å². The highest BCUT2D eigenvalue weighted by atomic mass is 16.5. The van der Waals surface area contributed by atoms with E-state index in [-0.39, 0.29) is 0 Å². The molecular weight excluding hydrogens is 242 g/mol. The van der Waals surface area contributed by atoms with Crippen molar-refractivity contribution in [2.45, 2.75) is 20.3 Å². The Labute approximate surface area is 112 Å². The van der Waals surface area contributed by atoms with Crippen molar-refractivity contribution >= 4 is 5.95 Å². The van der Waals surface area contributed by atoms with Gasteiger partial charge in [-0.05, 0) is 19.9 Å². The molecule has 2 heterocycles. The van der Waals surface area contributed by atoms with Crippen LogP contribution in [0.2, 0.25) is 0 Å². The topological polar surface area (TPSA) is 64.9 Å². The van der Waals surface area contributed by atoms with Crippen molar-refractivity contribution in [1.82, 2.24) is 19.7 Å². The Hall–Kier alpha value is -2.11. The number of hydrogen-bond donors (Lipinski definition) is 1. The summed E-state index contributed by atoms with van der Waals surface area (Å²) in [5, 5.41) is 7.34. The monoisotopic (exact) mass is 261 g/mol. The van der Waals surface area contributed by atoms with Crippen LogP contribution < -0.4 is 10.1 Å². The van der Waals surface area contributed by atoms with Crippen molar-refractivity contribution in [1.29, 1.82) is 0 Å². The van der Waals surface area contributed by atoms with Gasteiger partial charge in [0.05, 0.1) is 6.61 Å². The van der Waals surface area contributed by atoms with Gasteiger partial charge in [-0.2, -0.15) is 10.1 Å². The number of aromatic nitrogens is 4. The van der Waals surface area contributed by atoms with E-state index in [9.17, 15) is 0 Å². The van der Waals surface area contributed by atoms with Crippen molar-refractivity contribution < 1.29 is 4.74 Å². The molecule has 2 rings (SSSR count). The van der Waals surface area contributed by atoms with E-state index in [4.69, 9.17) is 4.74 Å². The lowest BCUT2D eigenvalue weighted by molar-refractivity contribution is 0.326. The van der Waals surface area contributed by atoms with Gasteiger partial charge >= 0.3 is 0 Å². The van der Waals surface area contributed by atoms with Gasteiger partial charge < -0.3 is 10.1 Å². The predicted molar refractivity (Wildman–Crippen MR) is 73.3 cm³/mol. The molecule has 0 aliphatic rings. The van der Waals surface area contributed by atoms with Crippen molar-refractivity contribution in [3.63, 3.8) is 0 Å². The molecule has 102 valence electrons. The Bertz CT molecular complexity index is 538. The zero-order chi connectivity index (χ0) is 13.7. The molecule has 0 unspecified atom stereocenters. The number of ether oxygens (including phenoxy) is 1. The van der Waals surface area contributed by atoms with Gasteiger partial charge in [-0.3, -0.25) is 4.68 Å². The summed E-state index contributed by atoms with van der Waals surface area (Å²) >= 11 is 0. The number of nitrogens with one attached hydrogen (secondary N) is 1. The minimum Gasteiger partial charge on any atom is -0.478 e. The van der Waals surface area contributed by atoms with Crippen molar-refractivity contribution in [3.05, 3.63) is 29.7 Å². The van der Waals surface area contributed by atoms with E-state index in [0.29, 0.717) is 18.4 Å². The molecule has 0 amide bonds. The molecule has 2 aromatic heterocycles. The maximum absolute atomic E-state index is 5.39. The molecule has 0 aliphatic heterocycles. The van der Waals surface area contributed by atoms with E-state index >= 15 is 0 Å². The highest BCUT2D eigenvalue weighted by molar-refractivity contribution is 5.30. The standard InChI is InChI=1S/C13H19N5O/c1-4-19-12-9-10(2)16-13(17-12)14-7-5-11-6-8-15-18(11)3/h6,8-9H,4-5,7H2,1-3H3,(H,14,16,17). The summed E-state index contributed by atoms with van der Waals surface area (Å²) in [5.41, 5.74) is 2.06. The van der Waals surface area contributed by atoms with Gasteiger partial charge in [0.25, 0.3) is 0 Å². The second-order valence-electron chi connectivity index (χ2n) is 4.23.